The molecule has 2 atom stereocenters. The Morgan fingerprint density at radius 1 is 1.55 bits per heavy atom. The van der Waals surface area contributed by atoms with E-state index in [4.69, 9.17) is 11.6 Å². The maximum Gasteiger partial charge on any atom is 1.00 e. The number of halogens is 3. The maximum atomic E-state index is 12.8. The van der Waals surface area contributed by atoms with Crippen LogP contribution in [0, 0.1) is 25.8 Å². The zero-order valence-corrected chi connectivity index (χ0v) is 13.9. The molecule has 22 heavy (non-hydrogen) atoms. The Morgan fingerprint density at radius 2 is 2.14 bits per heavy atom. The standard InChI is InChI=1S/C12H16ClF2N3.C3H5.Li/c1-3-8-4-5-18(7(8)2)10-6-9(12(14)15)11(13)17-16-10;1-3-2;/h6-8,12,16-17H,1-5H2;1H2,2H3;/q-2;-1;+1/t7-,8-;;/m0../s1. The normalized spacial score (nSPS) is 23.8. The van der Waals surface area contributed by atoms with Crippen LogP contribution in [0.4, 0.5) is 8.78 Å². The van der Waals surface area contributed by atoms with E-state index in [2.05, 4.69) is 37.4 Å². The van der Waals surface area contributed by atoms with Crippen molar-refractivity contribution in [1.82, 2.24) is 15.8 Å². The smallest absolute Gasteiger partial charge is 0.507 e. The van der Waals surface area contributed by atoms with Crippen molar-refractivity contribution in [2.24, 2.45) is 5.92 Å². The van der Waals surface area contributed by atoms with E-state index < -0.39 is 6.43 Å². The Labute approximate surface area is 149 Å². The molecule has 0 saturated carbocycles. The van der Waals surface area contributed by atoms with Gasteiger partial charge in [-0.2, -0.15) is 13.3 Å². The van der Waals surface area contributed by atoms with Gasteiger partial charge >= 0.3 is 18.9 Å². The summed E-state index contributed by atoms with van der Waals surface area (Å²) in [6, 6.07) is 0.0406. The Balaban J connectivity index is 0.00000102. The summed E-state index contributed by atoms with van der Waals surface area (Å²) < 4.78 is 25.5. The molecule has 2 N–H and O–H groups in total. The zero-order chi connectivity index (χ0) is 16.0. The number of hydrogen-bond donors (Lipinski definition) is 2. The van der Waals surface area contributed by atoms with Crippen LogP contribution in [0.25, 0.3) is 0 Å². The second-order valence-electron chi connectivity index (χ2n) is 4.80. The van der Waals surface area contributed by atoms with Gasteiger partial charge in [0, 0.05) is 6.54 Å². The second kappa shape index (κ2) is 10.2. The minimum atomic E-state index is -2.60. The van der Waals surface area contributed by atoms with Crippen molar-refractivity contribution in [2.45, 2.75) is 32.2 Å². The third-order valence-electron chi connectivity index (χ3n) is 3.45. The molecule has 0 aromatic heterocycles. The predicted octanol–water partition coefficient (Wildman–Crippen LogP) is 0.399. The fraction of sp³-hybridized carbons (Fsp3) is 0.467. The molecule has 0 unspecified atom stereocenters. The molecular formula is C15H21ClF2LiN3-2. The molecule has 0 amide bonds. The molecule has 0 aliphatic carbocycles. The molecule has 2 heterocycles. The van der Waals surface area contributed by atoms with Gasteiger partial charge in [0.05, 0.1) is 5.57 Å². The molecule has 1 saturated heterocycles. The van der Waals surface area contributed by atoms with Gasteiger partial charge in [0.15, 0.2) is 0 Å². The zero-order valence-electron chi connectivity index (χ0n) is 13.1. The third kappa shape index (κ3) is 5.22. The molecule has 2 aliphatic heterocycles. The molecule has 120 valence electrons. The molecule has 0 spiro atoms. The summed E-state index contributed by atoms with van der Waals surface area (Å²) >= 11 is 5.68. The van der Waals surface area contributed by atoms with Crippen molar-refractivity contribution in [3.8, 4) is 0 Å². The van der Waals surface area contributed by atoms with Gasteiger partial charge in [-0.25, -0.2) is 8.78 Å². The van der Waals surface area contributed by atoms with Gasteiger partial charge in [-0.05, 0) is 12.5 Å². The summed E-state index contributed by atoms with van der Waals surface area (Å²) in [7, 11) is 0. The molecular weight excluding hydrogens is 303 g/mol. The number of likely N-dealkylation sites (tertiary alicyclic amines) is 1. The summed E-state index contributed by atoms with van der Waals surface area (Å²) in [5.41, 5.74) is 5.18. The van der Waals surface area contributed by atoms with Gasteiger partial charge < -0.3 is 24.8 Å². The van der Waals surface area contributed by atoms with Gasteiger partial charge in [-0.3, -0.25) is 17.4 Å². The Kier molecular flexibility index (Phi) is 9.91. The van der Waals surface area contributed by atoms with Crippen LogP contribution in [0.3, 0.4) is 0 Å². The van der Waals surface area contributed by atoms with Crippen molar-refractivity contribution in [3.05, 3.63) is 49.1 Å². The maximum absolute atomic E-state index is 12.8. The van der Waals surface area contributed by atoms with Gasteiger partial charge in [0.25, 0.3) is 6.43 Å². The number of hydrazine groups is 1. The molecule has 0 bridgehead atoms. The summed E-state index contributed by atoms with van der Waals surface area (Å²) in [6.45, 7) is 13.7. The van der Waals surface area contributed by atoms with E-state index in [1.54, 1.807) is 6.92 Å². The van der Waals surface area contributed by atoms with Crippen molar-refractivity contribution >= 4 is 11.6 Å². The second-order valence-corrected chi connectivity index (χ2v) is 5.18. The van der Waals surface area contributed by atoms with Gasteiger partial charge in [0.2, 0.25) is 0 Å². The monoisotopic (exact) mass is 323 g/mol. The Bertz CT molecular complexity index is 427. The van der Waals surface area contributed by atoms with Crippen molar-refractivity contribution in [2.75, 3.05) is 6.54 Å². The topological polar surface area (TPSA) is 27.3 Å². The quantitative estimate of drug-likeness (QED) is 0.447. The largest absolute Gasteiger partial charge is 1.00 e. The van der Waals surface area contributed by atoms with Crippen molar-refractivity contribution in [3.63, 3.8) is 0 Å². The van der Waals surface area contributed by atoms with E-state index in [0.29, 0.717) is 11.7 Å². The van der Waals surface area contributed by atoms with E-state index in [0.717, 1.165) is 19.4 Å². The first-order valence-electron chi connectivity index (χ1n) is 6.70. The summed E-state index contributed by atoms with van der Waals surface area (Å²) in [4.78, 5) is 1.97. The average Bonchev–Trinajstić information content (AvgIpc) is 2.81. The van der Waals surface area contributed by atoms with Crippen LogP contribution in [0.1, 0.15) is 19.8 Å². The first-order chi connectivity index (χ1) is 9.96. The molecule has 2 aliphatic rings. The van der Waals surface area contributed by atoms with E-state index in [-0.39, 0.29) is 35.6 Å². The van der Waals surface area contributed by atoms with Crippen LogP contribution in [0.15, 0.2) is 29.2 Å². The SMILES string of the molecule is C=[C-]C.[CH2-]C[C@H]1CCN(C2=CC(C(F)F)=C(Cl)NN2)[C@H]1[CH2-].[Li+]. The van der Waals surface area contributed by atoms with Crippen LogP contribution in [0.5, 0.6) is 0 Å². The van der Waals surface area contributed by atoms with Crippen LogP contribution < -0.4 is 29.7 Å². The fourth-order valence-corrected chi connectivity index (χ4v) is 2.49. The van der Waals surface area contributed by atoms with Gasteiger partial charge in [-0.15, -0.1) is 0 Å². The molecule has 7 heteroatoms. The van der Waals surface area contributed by atoms with Crippen molar-refractivity contribution < 1.29 is 27.6 Å². The van der Waals surface area contributed by atoms with Crippen LogP contribution >= 0.6 is 11.6 Å². The third-order valence-corrected chi connectivity index (χ3v) is 3.76. The summed E-state index contributed by atoms with van der Waals surface area (Å²) in [5, 5.41) is -0.0673. The predicted molar refractivity (Wildman–Crippen MR) is 81.7 cm³/mol. The van der Waals surface area contributed by atoms with E-state index in [1.165, 1.54) is 6.08 Å². The first-order valence-corrected chi connectivity index (χ1v) is 7.08. The van der Waals surface area contributed by atoms with Gasteiger partial charge in [-0.1, -0.05) is 23.6 Å². The molecule has 0 aromatic carbocycles. The number of rotatable bonds is 3. The molecule has 0 radical (unpaired) electrons. The number of nitrogens with one attached hydrogen (secondary N) is 2. The number of nitrogens with zero attached hydrogens (tertiary/aromatic N) is 1. The van der Waals surface area contributed by atoms with Crippen LogP contribution in [-0.4, -0.2) is 23.9 Å². The van der Waals surface area contributed by atoms with Crippen molar-refractivity contribution in [1.29, 1.82) is 0 Å². The molecule has 3 nitrogen and oxygen atoms in total. The molecule has 2 rings (SSSR count). The summed E-state index contributed by atoms with van der Waals surface area (Å²) in [5.74, 6) is 0.981. The number of hydrogen-bond acceptors (Lipinski definition) is 3. The van der Waals surface area contributed by atoms with E-state index in [9.17, 15) is 8.78 Å². The minimum absolute atomic E-state index is 0. The van der Waals surface area contributed by atoms with Crippen LogP contribution in [0.2, 0.25) is 0 Å². The Hall–Kier alpha value is -0.633. The number of alkyl halides is 2. The van der Waals surface area contributed by atoms with E-state index in [1.807, 2.05) is 4.90 Å². The first kappa shape index (κ1) is 21.4. The van der Waals surface area contributed by atoms with Crippen LogP contribution in [-0.2, 0) is 0 Å². The van der Waals surface area contributed by atoms with E-state index >= 15 is 0 Å². The van der Waals surface area contributed by atoms with Gasteiger partial charge in [0.1, 0.15) is 11.0 Å². The average molecular weight is 324 g/mol. The molecule has 1 fully saturated rings. The number of allylic oxidation sites excluding steroid dienone is 3. The summed E-state index contributed by atoms with van der Waals surface area (Å²) in [6.07, 6.45) is 3.05. The fourth-order valence-electron chi connectivity index (χ4n) is 2.30. The minimum Gasteiger partial charge on any atom is -0.507 e. The molecule has 0 aromatic rings. The Morgan fingerprint density at radius 3 is 2.59 bits per heavy atom.